The maximum Gasteiger partial charge on any atom is 0.325 e. The number of hydrogen-bond acceptors (Lipinski definition) is 4. The first-order valence-corrected chi connectivity index (χ1v) is 7.65. The summed E-state index contributed by atoms with van der Waals surface area (Å²) < 4.78 is 10.9. The van der Waals surface area contributed by atoms with E-state index in [0.29, 0.717) is 0 Å². The summed E-state index contributed by atoms with van der Waals surface area (Å²) in [5, 5.41) is -0.177. The van der Waals surface area contributed by atoms with E-state index >= 15 is 0 Å². The van der Waals surface area contributed by atoms with Crippen LogP contribution in [0.15, 0.2) is 24.3 Å². The minimum atomic E-state index is -0.250. The molecule has 1 saturated carbocycles. The van der Waals surface area contributed by atoms with Gasteiger partial charge in [0.25, 0.3) is 0 Å². The molecule has 1 aliphatic carbocycles. The Bertz CT molecular complexity index is 463. The summed E-state index contributed by atoms with van der Waals surface area (Å²) in [6, 6.07) is 7.71. The van der Waals surface area contributed by atoms with E-state index in [2.05, 4.69) is 0 Å². The van der Waals surface area contributed by atoms with E-state index in [1.165, 1.54) is 6.42 Å². The fourth-order valence-electron chi connectivity index (χ4n) is 2.82. The van der Waals surface area contributed by atoms with Gasteiger partial charge in [-0.1, -0.05) is 30.3 Å². The summed E-state index contributed by atoms with van der Waals surface area (Å²) >= 11 is 1.70. The molecule has 0 N–H and O–H groups in total. The number of ether oxygens (including phenoxy) is 2. The predicted molar refractivity (Wildman–Crippen MR) is 75.2 cm³/mol. The third kappa shape index (κ3) is 2.46. The van der Waals surface area contributed by atoms with Crippen molar-refractivity contribution in [2.24, 2.45) is 0 Å². The first-order valence-electron chi connectivity index (χ1n) is 6.77. The topological polar surface area (TPSA) is 35.5 Å². The third-order valence-corrected chi connectivity index (χ3v) is 5.49. The molecule has 1 atom stereocenters. The van der Waals surface area contributed by atoms with E-state index in [9.17, 15) is 4.79 Å². The molecule has 1 unspecified atom stereocenters. The van der Waals surface area contributed by atoms with Crippen molar-refractivity contribution in [2.45, 2.75) is 42.3 Å². The van der Waals surface area contributed by atoms with Gasteiger partial charge in [-0.15, -0.1) is 0 Å². The Morgan fingerprint density at radius 3 is 2.53 bits per heavy atom. The highest BCUT2D eigenvalue weighted by Gasteiger charge is 2.48. The lowest BCUT2D eigenvalue weighted by Gasteiger charge is -2.30. The van der Waals surface area contributed by atoms with Gasteiger partial charge in [0.1, 0.15) is 11.0 Å². The summed E-state index contributed by atoms with van der Waals surface area (Å²) in [4.78, 5) is 11.9. The van der Waals surface area contributed by atoms with E-state index in [1.807, 2.05) is 24.3 Å². The molecule has 19 heavy (non-hydrogen) atoms. The number of carbonyl (C=O) groups is 1. The maximum absolute atomic E-state index is 12.1. The number of rotatable bonds is 2. The average molecular weight is 278 g/mol. The van der Waals surface area contributed by atoms with Gasteiger partial charge in [-0.2, -0.15) is 0 Å². The molecule has 0 radical (unpaired) electrons. The minimum Gasteiger partial charge on any atom is -0.497 e. The van der Waals surface area contributed by atoms with Crippen LogP contribution in [-0.4, -0.2) is 18.0 Å². The van der Waals surface area contributed by atoms with Crippen LogP contribution in [0, 0.1) is 0 Å². The van der Waals surface area contributed by atoms with Crippen molar-refractivity contribution in [3.8, 4) is 5.75 Å². The van der Waals surface area contributed by atoms with Crippen LogP contribution in [0.3, 0.4) is 0 Å². The van der Waals surface area contributed by atoms with Crippen molar-refractivity contribution in [1.82, 2.24) is 0 Å². The first kappa shape index (κ1) is 12.9. The first-order chi connectivity index (χ1) is 9.22. The number of hydrogen-bond donors (Lipinski definition) is 0. The quantitative estimate of drug-likeness (QED) is 0.773. The third-order valence-electron chi connectivity index (χ3n) is 3.87. The SMILES string of the molecule is COc1ccc(C2SC3(CCCCC3)OC2=O)cc1. The lowest BCUT2D eigenvalue weighted by atomic mass is 9.97. The zero-order valence-corrected chi connectivity index (χ0v) is 11.9. The second kappa shape index (κ2) is 5.08. The molecule has 3 rings (SSSR count). The summed E-state index contributed by atoms with van der Waals surface area (Å²) in [5.74, 6) is 0.726. The van der Waals surface area contributed by atoms with Crippen molar-refractivity contribution in [2.75, 3.05) is 7.11 Å². The lowest BCUT2D eigenvalue weighted by molar-refractivity contribution is -0.149. The summed E-state index contributed by atoms with van der Waals surface area (Å²) in [6.45, 7) is 0. The molecule has 1 aliphatic heterocycles. The molecule has 0 aromatic heterocycles. The molecular weight excluding hydrogens is 260 g/mol. The molecule has 2 aliphatic rings. The summed E-state index contributed by atoms with van der Waals surface area (Å²) in [7, 11) is 1.64. The summed E-state index contributed by atoms with van der Waals surface area (Å²) in [6.07, 6.45) is 5.57. The lowest BCUT2D eigenvalue weighted by Crippen LogP contribution is -2.27. The molecule has 4 heteroatoms. The van der Waals surface area contributed by atoms with Crippen molar-refractivity contribution in [3.63, 3.8) is 0 Å². The Kier molecular flexibility index (Phi) is 3.44. The van der Waals surface area contributed by atoms with Crippen LogP contribution in [0.1, 0.15) is 42.9 Å². The highest BCUT2D eigenvalue weighted by Crippen LogP contribution is 2.54. The van der Waals surface area contributed by atoms with Gasteiger partial charge in [-0.3, -0.25) is 4.79 Å². The molecular formula is C15H18O3S. The van der Waals surface area contributed by atoms with Crippen LogP contribution >= 0.6 is 11.8 Å². The van der Waals surface area contributed by atoms with Crippen molar-refractivity contribution in [1.29, 1.82) is 0 Å². The van der Waals surface area contributed by atoms with E-state index in [0.717, 1.165) is 37.0 Å². The van der Waals surface area contributed by atoms with E-state index < -0.39 is 0 Å². The zero-order chi connectivity index (χ0) is 13.3. The Balaban J connectivity index is 1.79. The van der Waals surface area contributed by atoms with Crippen LogP contribution in [0.4, 0.5) is 0 Å². The highest BCUT2D eigenvalue weighted by molar-refractivity contribution is 8.01. The molecule has 102 valence electrons. The Morgan fingerprint density at radius 1 is 1.21 bits per heavy atom. The minimum absolute atomic E-state index is 0.0860. The van der Waals surface area contributed by atoms with Crippen molar-refractivity contribution < 1.29 is 14.3 Å². The van der Waals surface area contributed by atoms with Crippen LogP contribution in [-0.2, 0) is 9.53 Å². The van der Waals surface area contributed by atoms with Gasteiger partial charge < -0.3 is 9.47 Å². The van der Waals surface area contributed by atoms with Gasteiger partial charge in [-0.05, 0) is 43.4 Å². The molecule has 3 nitrogen and oxygen atoms in total. The normalized spacial score (nSPS) is 25.3. The number of thioether (sulfide) groups is 1. The van der Waals surface area contributed by atoms with Crippen LogP contribution < -0.4 is 4.74 Å². The molecule has 1 saturated heterocycles. The molecule has 0 bridgehead atoms. The van der Waals surface area contributed by atoms with Crippen molar-refractivity contribution in [3.05, 3.63) is 29.8 Å². The average Bonchev–Trinajstić information content (AvgIpc) is 2.76. The smallest absolute Gasteiger partial charge is 0.325 e. The predicted octanol–water partition coefficient (Wildman–Crippen LogP) is 3.69. The second-order valence-electron chi connectivity index (χ2n) is 5.16. The number of carbonyl (C=O) groups excluding carboxylic acids is 1. The molecule has 1 aromatic carbocycles. The zero-order valence-electron chi connectivity index (χ0n) is 11.1. The van der Waals surface area contributed by atoms with E-state index in [1.54, 1.807) is 18.9 Å². The fourth-order valence-corrected chi connectivity index (χ4v) is 4.34. The van der Waals surface area contributed by atoms with Gasteiger partial charge in [0.15, 0.2) is 4.93 Å². The Morgan fingerprint density at radius 2 is 1.89 bits per heavy atom. The van der Waals surface area contributed by atoms with Crippen molar-refractivity contribution >= 4 is 17.7 Å². The molecule has 1 heterocycles. The Hall–Kier alpha value is -1.16. The van der Waals surface area contributed by atoms with Gasteiger partial charge >= 0.3 is 5.97 Å². The van der Waals surface area contributed by atoms with Gasteiger partial charge in [0.2, 0.25) is 0 Å². The molecule has 1 spiro atoms. The second-order valence-corrected chi connectivity index (χ2v) is 6.61. The largest absolute Gasteiger partial charge is 0.497 e. The summed E-state index contributed by atoms with van der Waals surface area (Å²) in [5.41, 5.74) is 1.01. The van der Waals surface area contributed by atoms with Gasteiger partial charge in [0.05, 0.1) is 7.11 Å². The molecule has 2 fully saturated rings. The van der Waals surface area contributed by atoms with E-state index in [-0.39, 0.29) is 16.2 Å². The van der Waals surface area contributed by atoms with Gasteiger partial charge in [-0.25, -0.2) is 0 Å². The van der Waals surface area contributed by atoms with Crippen LogP contribution in [0.25, 0.3) is 0 Å². The highest BCUT2D eigenvalue weighted by atomic mass is 32.2. The standard InChI is InChI=1S/C15H18O3S/c1-17-12-7-5-11(6-8-12)13-14(16)18-15(19-13)9-3-2-4-10-15/h5-8,13H,2-4,9-10H2,1H3. The molecule has 1 aromatic rings. The maximum atomic E-state index is 12.1. The van der Waals surface area contributed by atoms with Crippen LogP contribution in [0.5, 0.6) is 5.75 Å². The molecule has 0 amide bonds. The number of benzene rings is 1. The van der Waals surface area contributed by atoms with E-state index in [4.69, 9.17) is 9.47 Å². The van der Waals surface area contributed by atoms with Gasteiger partial charge in [0, 0.05) is 0 Å². The number of esters is 1. The Labute approximate surface area is 117 Å². The van der Waals surface area contributed by atoms with Crippen LogP contribution in [0.2, 0.25) is 0 Å². The fraction of sp³-hybridized carbons (Fsp3) is 0.533. The number of methoxy groups -OCH3 is 1. The monoisotopic (exact) mass is 278 g/mol.